The van der Waals surface area contributed by atoms with Gasteiger partial charge in [-0.25, -0.2) is 0 Å². The smallest absolute Gasteiger partial charge is 0.262 e. The number of aryl methyl sites for hydroxylation is 1. The zero-order chi connectivity index (χ0) is 16.8. The Morgan fingerprint density at radius 2 is 1.83 bits per heavy atom. The van der Waals surface area contributed by atoms with Gasteiger partial charge in [0.05, 0.1) is 0 Å². The number of ether oxygens (including phenoxy) is 1. The van der Waals surface area contributed by atoms with Crippen molar-refractivity contribution in [3.05, 3.63) is 59.2 Å². The van der Waals surface area contributed by atoms with Crippen molar-refractivity contribution in [1.29, 1.82) is 0 Å². The van der Waals surface area contributed by atoms with E-state index >= 15 is 0 Å². The summed E-state index contributed by atoms with van der Waals surface area (Å²) in [6.45, 7) is 3.86. The minimum absolute atomic E-state index is 0.0888. The van der Waals surface area contributed by atoms with Gasteiger partial charge in [0.25, 0.3) is 11.8 Å². The summed E-state index contributed by atoms with van der Waals surface area (Å²) in [5.41, 5.74) is 3.17. The van der Waals surface area contributed by atoms with Crippen LogP contribution in [0.3, 0.4) is 0 Å². The fourth-order valence-electron chi connectivity index (χ4n) is 2.10. The molecule has 2 amide bonds. The van der Waals surface area contributed by atoms with Crippen LogP contribution < -0.4 is 15.4 Å². The van der Waals surface area contributed by atoms with E-state index in [1.165, 1.54) is 0 Å². The van der Waals surface area contributed by atoms with Crippen LogP contribution in [-0.2, 0) is 4.79 Å². The molecule has 0 aliphatic carbocycles. The molecule has 0 aliphatic heterocycles. The van der Waals surface area contributed by atoms with Crippen molar-refractivity contribution < 1.29 is 14.3 Å². The third-order valence-corrected chi connectivity index (χ3v) is 3.55. The van der Waals surface area contributed by atoms with E-state index in [9.17, 15) is 9.59 Å². The number of nitrogens with one attached hydrogen (secondary N) is 2. The van der Waals surface area contributed by atoms with Crippen molar-refractivity contribution in [2.24, 2.45) is 0 Å². The maximum atomic E-state index is 12.0. The van der Waals surface area contributed by atoms with E-state index < -0.39 is 0 Å². The van der Waals surface area contributed by atoms with Gasteiger partial charge in [-0.05, 0) is 49.2 Å². The van der Waals surface area contributed by atoms with E-state index in [0.717, 1.165) is 11.1 Å². The Balaban J connectivity index is 1.97. The summed E-state index contributed by atoms with van der Waals surface area (Å²) in [6, 6.07) is 12.5. The molecule has 0 aromatic heterocycles. The molecule has 23 heavy (non-hydrogen) atoms. The van der Waals surface area contributed by atoms with Gasteiger partial charge in [0, 0.05) is 18.3 Å². The highest BCUT2D eigenvalue weighted by atomic mass is 16.5. The van der Waals surface area contributed by atoms with Crippen LogP contribution in [0.25, 0.3) is 0 Å². The van der Waals surface area contributed by atoms with Gasteiger partial charge in [-0.3, -0.25) is 9.59 Å². The summed E-state index contributed by atoms with van der Waals surface area (Å²) in [5, 5.41) is 5.27. The SMILES string of the molecule is CNC(=O)c1cccc(NC(=O)COc2cccc(C)c2C)c1. The van der Waals surface area contributed by atoms with E-state index in [2.05, 4.69) is 10.6 Å². The van der Waals surface area contributed by atoms with Crippen LogP contribution >= 0.6 is 0 Å². The van der Waals surface area contributed by atoms with Crippen LogP contribution in [0.4, 0.5) is 5.69 Å². The van der Waals surface area contributed by atoms with Gasteiger partial charge in [0.1, 0.15) is 5.75 Å². The Morgan fingerprint density at radius 1 is 1.09 bits per heavy atom. The molecule has 0 spiro atoms. The Hall–Kier alpha value is -2.82. The molecule has 0 heterocycles. The van der Waals surface area contributed by atoms with Gasteiger partial charge in [-0.1, -0.05) is 18.2 Å². The lowest BCUT2D eigenvalue weighted by Gasteiger charge is -2.11. The fraction of sp³-hybridized carbons (Fsp3) is 0.222. The molecule has 0 atom stereocenters. The van der Waals surface area contributed by atoms with Crippen molar-refractivity contribution >= 4 is 17.5 Å². The molecule has 2 rings (SSSR count). The molecule has 5 nitrogen and oxygen atoms in total. The summed E-state index contributed by atoms with van der Waals surface area (Å²) in [5.74, 6) is 0.215. The summed E-state index contributed by atoms with van der Waals surface area (Å²) in [7, 11) is 1.56. The number of anilines is 1. The largest absolute Gasteiger partial charge is 0.483 e. The molecule has 0 saturated carbocycles. The number of amides is 2. The minimum Gasteiger partial charge on any atom is -0.483 e. The van der Waals surface area contributed by atoms with Gasteiger partial charge in [0.2, 0.25) is 0 Å². The lowest BCUT2D eigenvalue weighted by atomic mass is 10.1. The van der Waals surface area contributed by atoms with Gasteiger partial charge in [-0.15, -0.1) is 0 Å². The molecular weight excluding hydrogens is 292 g/mol. The van der Waals surface area contributed by atoms with E-state index in [1.807, 2.05) is 32.0 Å². The van der Waals surface area contributed by atoms with Crippen molar-refractivity contribution in [3.8, 4) is 5.75 Å². The number of hydrogen-bond donors (Lipinski definition) is 2. The second kappa shape index (κ2) is 7.45. The van der Waals surface area contributed by atoms with E-state index in [-0.39, 0.29) is 18.4 Å². The molecular formula is C18H20N2O3. The Bertz CT molecular complexity index is 726. The molecule has 2 aromatic carbocycles. The zero-order valence-electron chi connectivity index (χ0n) is 13.5. The lowest BCUT2D eigenvalue weighted by Crippen LogP contribution is -2.21. The van der Waals surface area contributed by atoms with Gasteiger partial charge >= 0.3 is 0 Å². The number of benzene rings is 2. The average Bonchev–Trinajstić information content (AvgIpc) is 2.55. The predicted octanol–water partition coefficient (Wildman–Crippen LogP) is 2.68. The van der Waals surface area contributed by atoms with Crippen molar-refractivity contribution in [1.82, 2.24) is 5.32 Å². The van der Waals surface area contributed by atoms with Crippen molar-refractivity contribution in [2.45, 2.75) is 13.8 Å². The first kappa shape index (κ1) is 16.5. The first-order valence-electron chi connectivity index (χ1n) is 7.32. The molecule has 0 bridgehead atoms. The fourth-order valence-corrected chi connectivity index (χ4v) is 2.10. The molecule has 0 fully saturated rings. The van der Waals surface area contributed by atoms with Gasteiger partial charge in [0.15, 0.2) is 6.61 Å². The van der Waals surface area contributed by atoms with Crippen LogP contribution in [0.1, 0.15) is 21.5 Å². The van der Waals surface area contributed by atoms with Gasteiger partial charge in [-0.2, -0.15) is 0 Å². The standard InChI is InChI=1S/C18H20N2O3/c1-12-6-4-9-16(13(12)2)23-11-17(21)20-15-8-5-7-14(10-15)18(22)19-3/h4-10H,11H2,1-3H3,(H,19,22)(H,20,21). The molecule has 0 aliphatic rings. The second-order valence-electron chi connectivity index (χ2n) is 5.19. The van der Waals surface area contributed by atoms with Crippen LogP contribution in [0.15, 0.2) is 42.5 Å². The molecule has 0 radical (unpaired) electrons. The first-order valence-corrected chi connectivity index (χ1v) is 7.32. The van der Waals surface area contributed by atoms with Crippen LogP contribution in [0, 0.1) is 13.8 Å². The summed E-state index contributed by atoms with van der Waals surface area (Å²) >= 11 is 0. The van der Waals surface area contributed by atoms with Crippen LogP contribution in [0.5, 0.6) is 5.75 Å². The quantitative estimate of drug-likeness (QED) is 0.892. The highest BCUT2D eigenvalue weighted by molar-refractivity contribution is 5.97. The molecule has 0 unspecified atom stereocenters. The van der Waals surface area contributed by atoms with Crippen LogP contribution in [-0.4, -0.2) is 25.5 Å². The molecule has 2 N–H and O–H groups in total. The number of rotatable bonds is 5. The minimum atomic E-state index is -0.278. The topological polar surface area (TPSA) is 67.4 Å². The lowest BCUT2D eigenvalue weighted by molar-refractivity contribution is -0.118. The van der Waals surface area contributed by atoms with Crippen LogP contribution in [0.2, 0.25) is 0 Å². The third kappa shape index (κ3) is 4.32. The average molecular weight is 312 g/mol. The Morgan fingerprint density at radius 3 is 2.57 bits per heavy atom. The molecule has 5 heteroatoms. The van der Waals surface area contributed by atoms with Crippen molar-refractivity contribution in [2.75, 3.05) is 19.0 Å². The maximum Gasteiger partial charge on any atom is 0.262 e. The van der Waals surface area contributed by atoms with E-state index in [1.54, 1.807) is 31.3 Å². The van der Waals surface area contributed by atoms with Gasteiger partial charge < -0.3 is 15.4 Å². The second-order valence-corrected chi connectivity index (χ2v) is 5.19. The summed E-state index contributed by atoms with van der Waals surface area (Å²) in [6.07, 6.45) is 0. The Labute approximate surface area is 135 Å². The number of hydrogen-bond acceptors (Lipinski definition) is 3. The zero-order valence-corrected chi connectivity index (χ0v) is 13.5. The highest BCUT2D eigenvalue weighted by Gasteiger charge is 2.08. The third-order valence-electron chi connectivity index (χ3n) is 3.55. The molecule has 2 aromatic rings. The number of carbonyl (C=O) groups excluding carboxylic acids is 2. The summed E-state index contributed by atoms with van der Waals surface area (Å²) < 4.78 is 5.56. The normalized spacial score (nSPS) is 10.0. The maximum absolute atomic E-state index is 12.0. The number of carbonyl (C=O) groups is 2. The first-order chi connectivity index (χ1) is 11.0. The van der Waals surface area contributed by atoms with E-state index in [0.29, 0.717) is 17.0 Å². The molecule has 0 saturated heterocycles. The monoisotopic (exact) mass is 312 g/mol. The molecule has 120 valence electrons. The highest BCUT2D eigenvalue weighted by Crippen LogP contribution is 2.20. The predicted molar refractivity (Wildman–Crippen MR) is 89.9 cm³/mol. The summed E-state index contributed by atoms with van der Waals surface area (Å²) in [4.78, 5) is 23.6. The Kier molecular flexibility index (Phi) is 5.36. The van der Waals surface area contributed by atoms with Crippen molar-refractivity contribution in [3.63, 3.8) is 0 Å². The van der Waals surface area contributed by atoms with E-state index in [4.69, 9.17) is 4.74 Å².